The highest BCUT2D eigenvalue weighted by Gasteiger charge is 2.39. The number of nitriles is 1. The molecule has 2 aromatic rings. The van der Waals surface area contributed by atoms with E-state index >= 15 is 0 Å². The first kappa shape index (κ1) is 15.5. The summed E-state index contributed by atoms with van der Waals surface area (Å²) < 4.78 is 43.9. The highest BCUT2D eigenvalue weighted by molar-refractivity contribution is 5.89. The van der Waals surface area contributed by atoms with Gasteiger partial charge in [-0.1, -0.05) is 17.3 Å². The van der Waals surface area contributed by atoms with Crippen LogP contribution < -0.4 is 0 Å². The monoisotopic (exact) mass is 310 g/mol. The highest BCUT2D eigenvalue weighted by atomic mass is 19.4. The van der Waals surface area contributed by atoms with Crippen molar-refractivity contribution in [3.63, 3.8) is 0 Å². The summed E-state index contributed by atoms with van der Waals surface area (Å²) >= 11 is 0. The van der Waals surface area contributed by atoms with Crippen molar-refractivity contribution in [2.24, 2.45) is 0 Å². The molecular weight excluding hydrogens is 301 g/mol. The molecule has 1 aromatic carbocycles. The SMILES string of the molecule is COC(=O)c1ccc(Cn2nnc(C#N)c2C(F)(F)F)cc1. The van der Waals surface area contributed by atoms with Gasteiger partial charge in [0.05, 0.1) is 19.2 Å². The maximum Gasteiger partial charge on any atom is 0.436 e. The molecule has 0 amide bonds. The normalized spacial score (nSPS) is 11.0. The molecule has 1 heterocycles. The molecule has 0 atom stereocenters. The van der Waals surface area contributed by atoms with Crippen molar-refractivity contribution < 1.29 is 22.7 Å². The van der Waals surface area contributed by atoms with Crippen LogP contribution in [0.5, 0.6) is 0 Å². The lowest BCUT2D eigenvalue weighted by Crippen LogP contribution is -2.16. The second kappa shape index (κ2) is 5.85. The summed E-state index contributed by atoms with van der Waals surface area (Å²) in [4.78, 5) is 11.3. The number of hydrogen-bond donors (Lipinski definition) is 0. The summed E-state index contributed by atoms with van der Waals surface area (Å²) in [7, 11) is 1.23. The van der Waals surface area contributed by atoms with Gasteiger partial charge in [-0.05, 0) is 17.7 Å². The van der Waals surface area contributed by atoms with E-state index < -0.39 is 23.5 Å². The van der Waals surface area contributed by atoms with Crippen molar-refractivity contribution >= 4 is 5.97 Å². The fourth-order valence-electron chi connectivity index (χ4n) is 1.82. The summed E-state index contributed by atoms with van der Waals surface area (Å²) in [5.74, 6) is -0.546. The first-order valence-electron chi connectivity index (χ1n) is 5.95. The number of rotatable bonds is 3. The topological polar surface area (TPSA) is 80.8 Å². The fraction of sp³-hybridized carbons (Fsp3) is 0.231. The predicted molar refractivity (Wildman–Crippen MR) is 66.6 cm³/mol. The van der Waals surface area contributed by atoms with Gasteiger partial charge < -0.3 is 4.74 Å². The molecule has 9 heteroatoms. The molecule has 114 valence electrons. The molecule has 6 nitrogen and oxygen atoms in total. The number of carbonyl (C=O) groups excluding carboxylic acids is 1. The van der Waals surface area contributed by atoms with Gasteiger partial charge in [-0.3, -0.25) is 0 Å². The molecule has 0 fully saturated rings. The number of esters is 1. The fourth-order valence-corrected chi connectivity index (χ4v) is 1.82. The molecule has 0 bridgehead atoms. The first-order chi connectivity index (χ1) is 10.4. The van der Waals surface area contributed by atoms with Crippen LogP contribution in [0.15, 0.2) is 24.3 Å². The average molecular weight is 310 g/mol. The van der Waals surface area contributed by atoms with E-state index in [0.29, 0.717) is 10.2 Å². The van der Waals surface area contributed by atoms with E-state index in [4.69, 9.17) is 5.26 Å². The third-order valence-corrected chi connectivity index (χ3v) is 2.82. The number of nitrogens with zero attached hydrogens (tertiary/aromatic N) is 4. The molecule has 0 saturated heterocycles. The van der Waals surface area contributed by atoms with Crippen molar-refractivity contribution in [2.45, 2.75) is 12.7 Å². The number of benzene rings is 1. The molecule has 0 unspecified atom stereocenters. The second-order valence-electron chi connectivity index (χ2n) is 4.24. The van der Waals surface area contributed by atoms with Crippen LogP contribution in [-0.4, -0.2) is 28.1 Å². The Balaban J connectivity index is 2.30. The average Bonchev–Trinajstić information content (AvgIpc) is 2.90. The summed E-state index contributed by atoms with van der Waals surface area (Å²) in [5.41, 5.74) is -1.24. The van der Waals surface area contributed by atoms with Gasteiger partial charge in [-0.15, -0.1) is 5.10 Å². The minimum Gasteiger partial charge on any atom is -0.465 e. The van der Waals surface area contributed by atoms with Crippen LogP contribution in [0, 0.1) is 11.3 Å². The molecule has 22 heavy (non-hydrogen) atoms. The lowest BCUT2D eigenvalue weighted by atomic mass is 10.1. The lowest BCUT2D eigenvalue weighted by Gasteiger charge is -2.09. The summed E-state index contributed by atoms with van der Waals surface area (Å²) in [6, 6.07) is 7.16. The van der Waals surface area contributed by atoms with Crippen LogP contribution in [-0.2, 0) is 17.5 Å². The molecule has 0 radical (unpaired) electrons. The van der Waals surface area contributed by atoms with E-state index in [1.54, 1.807) is 0 Å². The van der Waals surface area contributed by atoms with Crippen LogP contribution in [0.4, 0.5) is 13.2 Å². The largest absolute Gasteiger partial charge is 0.465 e. The van der Waals surface area contributed by atoms with Crippen LogP contribution in [0.3, 0.4) is 0 Å². The third kappa shape index (κ3) is 3.06. The standard InChI is InChI=1S/C13H9F3N4O2/c1-22-12(21)9-4-2-8(3-5-9)7-20-11(13(14,15)16)10(6-17)18-19-20/h2-5H,7H2,1H3. The number of alkyl halides is 3. The van der Waals surface area contributed by atoms with Gasteiger partial charge in [-0.2, -0.15) is 18.4 Å². The molecule has 1 aromatic heterocycles. The zero-order valence-electron chi connectivity index (χ0n) is 11.3. The highest BCUT2D eigenvalue weighted by Crippen LogP contribution is 2.31. The molecule has 0 aliphatic rings. The van der Waals surface area contributed by atoms with Crippen molar-refractivity contribution in [1.82, 2.24) is 15.0 Å². The Labute approximate surface area is 122 Å². The minimum atomic E-state index is -4.74. The minimum absolute atomic E-state index is 0.231. The van der Waals surface area contributed by atoms with Gasteiger partial charge in [0.2, 0.25) is 0 Å². The predicted octanol–water partition coefficient (Wildman–Crippen LogP) is 2.00. The Morgan fingerprint density at radius 2 is 2.00 bits per heavy atom. The number of methoxy groups -OCH3 is 1. The van der Waals surface area contributed by atoms with Crippen LogP contribution in [0.25, 0.3) is 0 Å². The number of ether oxygens (including phenoxy) is 1. The van der Waals surface area contributed by atoms with Crippen LogP contribution >= 0.6 is 0 Å². The van der Waals surface area contributed by atoms with E-state index in [1.807, 2.05) is 0 Å². The van der Waals surface area contributed by atoms with E-state index in [9.17, 15) is 18.0 Å². The smallest absolute Gasteiger partial charge is 0.436 e. The molecule has 0 saturated carbocycles. The van der Waals surface area contributed by atoms with E-state index in [2.05, 4.69) is 15.0 Å². The number of halogens is 3. The van der Waals surface area contributed by atoms with Gasteiger partial charge in [0.25, 0.3) is 0 Å². The molecule has 0 N–H and O–H groups in total. The van der Waals surface area contributed by atoms with Crippen molar-refractivity contribution in [1.29, 1.82) is 5.26 Å². The van der Waals surface area contributed by atoms with Crippen molar-refractivity contribution in [2.75, 3.05) is 7.11 Å². The van der Waals surface area contributed by atoms with E-state index in [-0.39, 0.29) is 12.1 Å². The van der Waals surface area contributed by atoms with Crippen LogP contribution in [0.2, 0.25) is 0 Å². The number of aromatic nitrogens is 3. The molecule has 0 aliphatic heterocycles. The first-order valence-corrected chi connectivity index (χ1v) is 5.95. The second-order valence-corrected chi connectivity index (χ2v) is 4.24. The molecule has 0 spiro atoms. The maximum atomic E-state index is 12.9. The van der Waals surface area contributed by atoms with Crippen molar-refractivity contribution in [3.05, 3.63) is 46.8 Å². The van der Waals surface area contributed by atoms with Crippen LogP contribution in [0.1, 0.15) is 27.3 Å². The quantitative estimate of drug-likeness (QED) is 0.810. The Morgan fingerprint density at radius 1 is 1.36 bits per heavy atom. The third-order valence-electron chi connectivity index (χ3n) is 2.82. The van der Waals surface area contributed by atoms with Gasteiger partial charge in [0.15, 0.2) is 11.4 Å². The maximum absolute atomic E-state index is 12.9. The zero-order valence-corrected chi connectivity index (χ0v) is 11.3. The molecule has 0 aliphatic carbocycles. The van der Waals surface area contributed by atoms with Gasteiger partial charge in [-0.25, -0.2) is 9.48 Å². The number of hydrogen-bond acceptors (Lipinski definition) is 5. The lowest BCUT2D eigenvalue weighted by molar-refractivity contribution is -0.144. The van der Waals surface area contributed by atoms with E-state index in [0.717, 1.165) is 0 Å². The molecule has 2 rings (SSSR count). The summed E-state index contributed by atoms with van der Waals surface area (Å²) in [5, 5.41) is 15.2. The van der Waals surface area contributed by atoms with E-state index in [1.165, 1.54) is 37.4 Å². The summed E-state index contributed by atoms with van der Waals surface area (Å²) in [6.45, 7) is -0.231. The Kier molecular flexibility index (Phi) is 4.12. The Morgan fingerprint density at radius 3 is 2.50 bits per heavy atom. The van der Waals surface area contributed by atoms with Gasteiger partial charge in [0, 0.05) is 0 Å². The molecular formula is C13H9F3N4O2. The van der Waals surface area contributed by atoms with Crippen molar-refractivity contribution in [3.8, 4) is 6.07 Å². The summed E-state index contributed by atoms with van der Waals surface area (Å²) in [6.07, 6.45) is -4.74. The van der Waals surface area contributed by atoms with Gasteiger partial charge >= 0.3 is 12.1 Å². The number of carbonyl (C=O) groups is 1. The zero-order chi connectivity index (χ0) is 16.3. The van der Waals surface area contributed by atoms with Gasteiger partial charge in [0.1, 0.15) is 6.07 Å². The Bertz CT molecular complexity index is 729. The Hall–Kier alpha value is -2.89.